The second-order valence-corrected chi connectivity index (χ2v) is 2.37. The van der Waals surface area contributed by atoms with E-state index in [-0.39, 0.29) is 11.4 Å². The molecule has 1 aromatic carbocycles. The van der Waals surface area contributed by atoms with Gasteiger partial charge in [-0.15, -0.1) is 0 Å². The van der Waals surface area contributed by atoms with Gasteiger partial charge in [0.25, 0.3) is 0 Å². The van der Waals surface area contributed by atoms with Crippen LogP contribution in [-0.4, -0.2) is 18.2 Å². The van der Waals surface area contributed by atoms with Crippen LogP contribution in [0.3, 0.4) is 0 Å². The lowest BCUT2D eigenvalue weighted by Crippen LogP contribution is -2.19. The van der Waals surface area contributed by atoms with Crippen LogP contribution < -0.4 is 15.8 Å². The van der Waals surface area contributed by atoms with Gasteiger partial charge in [0.1, 0.15) is 11.5 Å². The molecule has 5 nitrogen and oxygen atoms in total. The number of amides is 2. The van der Waals surface area contributed by atoms with Crippen molar-refractivity contribution in [3.8, 4) is 11.5 Å². The van der Waals surface area contributed by atoms with E-state index in [1.165, 1.54) is 19.2 Å². The van der Waals surface area contributed by atoms with Crippen LogP contribution in [0.1, 0.15) is 0 Å². The van der Waals surface area contributed by atoms with Crippen molar-refractivity contribution in [2.45, 2.75) is 0 Å². The lowest BCUT2D eigenvalue weighted by molar-refractivity contribution is 0.259. The van der Waals surface area contributed by atoms with Gasteiger partial charge >= 0.3 is 6.03 Å². The van der Waals surface area contributed by atoms with Gasteiger partial charge in [-0.2, -0.15) is 0 Å². The molecule has 0 aliphatic rings. The van der Waals surface area contributed by atoms with Crippen LogP contribution >= 0.6 is 0 Å². The fourth-order valence-electron chi connectivity index (χ4n) is 0.877. The molecule has 0 aromatic heterocycles. The number of nitrogens with one attached hydrogen (secondary N) is 1. The zero-order valence-corrected chi connectivity index (χ0v) is 7.07. The second-order valence-electron chi connectivity index (χ2n) is 2.37. The molecule has 13 heavy (non-hydrogen) atoms. The fourth-order valence-corrected chi connectivity index (χ4v) is 0.877. The lowest BCUT2D eigenvalue weighted by atomic mass is 10.3. The summed E-state index contributed by atoms with van der Waals surface area (Å²) < 4.78 is 4.85. The van der Waals surface area contributed by atoms with Crippen molar-refractivity contribution in [1.82, 2.24) is 0 Å². The topological polar surface area (TPSA) is 84.6 Å². The summed E-state index contributed by atoms with van der Waals surface area (Å²) in [6, 6.07) is 3.76. The highest BCUT2D eigenvalue weighted by Gasteiger charge is 2.03. The summed E-state index contributed by atoms with van der Waals surface area (Å²) in [6.07, 6.45) is 0. The van der Waals surface area contributed by atoms with E-state index in [1.54, 1.807) is 6.07 Å². The van der Waals surface area contributed by atoms with Crippen LogP contribution in [0.15, 0.2) is 18.2 Å². The molecule has 0 aliphatic carbocycles. The maximum absolute atomic E-state index is 10.4. The molecule has 0 unspecified atom stereocenters. The number of carbonyl (C=O) groups excluding carboxylic acids is 1. The predicted molar refractivity (Wildman–Crippen MR) is 47.9 cm³/mol. The molecule has 0 saturated carbocycles. The molecular weight excluding hydrogens is 172 g/mol. The minimum Gasteiger partial charge on any atom is -0.506 e. The molecule has 70 valence electrons. The Labute approximate surface area is 75.1 Å². The van der Waals surface area contributed by atoms with Crippen molar-refractivity contribution >= 4 is 11.7 Å². The summed E-state index contributed by atoms with van der Waals surface area (Å²) >= 11 is 0. The van der Waals surface area contributed by atoms with Crippen LogP contribution in [0.4, 0.5) is 10.5 Å². The molecule has 1 aromatic rings. The first-order valence-electron chi connectivity index (χ1n) is 3.57. The highest BCUT2D eigenvalue weighted by atomic mass is 16.5. The third kappa shape index (κ3) is 2.26. The predicted octanol–water partition coefficient (Wildman–Crippen LogP) is 0.891. The Morgan fingerprint density at radius 1 is 1.62 bits per heavy atom. The van der Waals surface area contributed by atoms with Crippen molar-refractivity contribution in [1.29, 1.82) is 0 Å². The molecule has 0 bridgehead atoms. The zero-order chi connectivity index (χ0) is 9.84. The number of carbonyl (C=O) groups is 1. The highest BCUT2D eigenvalue weighted by molar-refractivity contribution is 5.89. The number of methoxy groups -OCH3 is 1. The lowest BCUT2D eigenvalue weighted by Gasteiger charge is -2.06. The van der Waals surface area contributed by atoms with Crippen molar-refractivity contribution in [3.63, 3.8) is 0 Å². The van der Waals surface area contributed by atoms with Crippen LogP contribution in [0.2, 0.25) is 0 Å². The Balaban J connectivity index is 2.91. The summed E-state index contributed by atoms with van der Waals surface area (Å²) in [5, 5.41) is 11.6. The molecule has 5 heteroatoms. The molecule has 2 amide bonds. The summed E-state index contributed by atoms with van der Waals surface area (Å²) in [4.78, 5) is 10.4. The molecule has 0 aliphatic heterocycles. The second kappa shape index (κ2) is 3.66. The Bertz CT molecular complexity index is 325. The smallest absolute Gasteiger partial charge is 0.316 e. The molecule has 0 atom stereocenters. The van der Waals surface area contributed by atoms with Gasteiger partial charge in [-0.3, -0.25) is 0 Å². The molecular formula is C8H10N2O3. The Morgan fingerprint density at radius 3 is 2.77 bits per heavy atom. The number of hydrogen-bond donors (Lipinski definition) is 3. The van der Waals surface area contributed by atoms with Crippen LogP contribution in [-0.2, 0) is 0 Å². The number of primary amides is 1. The van der Waals surface area contributed by atoms with Crippen molar-refractivity contribution in [2.75, 3.05) is 12.4 Å². The number of ether oxygens (including phenoxy) is 1. The van der Waals surface area contributed by atoms with E-state index >= 15 is 0 Å². The maximum atomic E-state index is 10.4. The van der Waals surface area contributed by atoms with Gasteiger partial charge in [0.15, 0.2) is 0 Å². The quantitative estimate of drug-likeness (QED) is 0.594. The minimum atomic E-state index is -0.722. The van der Waals surface area contributed by atoms with Gasteiger partial charge < -0.3 is 20.9 Å². The SMILES string of the molecule is COc1ccc(NC(N)=O)c(O)c1. The Kier molecular flexibility index (Phi) is 2.59. The van der Waals surface area contributed by atoms with E-state index < -0.39 is 6.03 Å². The van der Waals surface area contributed by atoms with Gasteiger partial charge in [0.2, 0.25) is 0 Å². The maximum Gasteiger partial charge on any atom is 0.316 e. The van der Waals surface area contributed by atoms with E-state index in [1.807, 2.05) is 0 Å². The number of rotatable bonds is 2. The normalized spacial score (nSPS) is 9.31. The number of phenols is 1. The first kappa shape index (κ1) is 9.18. The number of hydrogen-bond acceptors (Lipinski definition) is 3. The van der Waals surface area contributed by atoms with E-state index in [0.29, 0.717) is 5.75 Å². The minimum absolute atomic E-state index is 0.0850. The molecule has 0 spiro atoms. The number of benzene rings is 1. The molecule has 0 heterocycles. The van der Waals surface area contributed by atoms with Crippen molar-refractivity contribution in [2.24, 2.45) is 5.73 Å². The van der Waals surface area contributed by atoms with Crippen LogP contribution in [0, 0.1) is 0 Å². The zero-order valence-electron chi connectivity index (χ0n) is 7.07. The molecule has 0 fully saturated rings. The Hall–Kier alpha value is -1.91. The summed E-state index contributed by atoms with van der Waals surface area (Å²) in [6.45, 7) is 0. The highest BCUT2D eigenvalue weighted by Crippen LogP contribution is 2.27. The summed E-state index contributed by atoms with van der Waals surface area (Å²) in [5.41, 5.74) is 5.13. The third-order valence-corrected chi connectivity index (χ3v) is 1.46. The van der Waals surface area contributed by atoms with Crippen molar-refractivity contribution < 1.29 is 14.6 Å². The Morgan fingerprint density at radius 2 is 2.31 bits per heavy atom. The number of aromatic hydroxyl groups is 1. The number of anilines is 1. The van der Waals surface area contributed by atoms with E-state index in [0.717, 1.165) is 0 Å². The summed E-state index contributed by atoms with van der Waals surface area (Å²) in [7, 11) is 1.48. The number of nitrogens with two attached hydrogens (primary N) is 1. The first-order chi connectivity index (χ1) is 6.13. The largest absolute Gasteiger partial charge is 0.506 e. The molecule has 0 saturated heterocycles. The van der Waals surface area contributed by atoms with Gasteiger partial charge in [0.05, 0.1) is 12.8 Å². The fraction of sp³-hybridized carbons (Fsp3) is 0.125. The monoisotopic (exact) mass is 182 g/mol. The van der Waals surface area contributed by atoms with Gasteiger partial charge in [-0.25, -0.2) is 4.79 Å². The molecule has 0 radical (unpaired) electrons. The first-order valence-corrected chi connectivity index (χ1v) is 3.57. The van der Waals surface area contributed by atoms with Crippen LogP contribution in [0.25, 0.3) is 0 Å². The molecule has 4 N–H and O–H groups in total. The third-order valence-electron chi connectivity index (χ3n) is 1.46. The number of urea groups is 1. The van der Waals surface area contributed by atoms with Gasteiger partial charge in [-0.1, -0.05) is 0 Å². The van der Waals surface area contributed by atoms with E-state index in [2.05, 4.69) is 5.32 Å². The van der Waals surface area contributed by atoms with Gasteiger partial charge in [-0.05, 0) is 12.1 Å². The van der Waals surface area contributed by atoms with Crippen LogP contribution in [0.5, 0.6) is 11.5 Å². The summed E-state index contributed by atoms with van der Waals surface area (Å²) in [5.74, 6) is 0.422. The van der Waals surface area contributed by atoms with E-state index in [4.69, 9.17) is 10.5 Å². The average Bonchev–Trinajstić information content (AvgIpc) is 2.08. The van der Waals surface area contributed by atoms with E-state index in [9.17, 15) is 9.90 Å². The molecule has 1 rings (SSSR count). The standard InChI is InChI=1S/C8H10N2O3/c1-13-5-2-3-6(7(11)4-5)10-8(9)12/h2-4,11H,1H3,(H3,9,10,12). The van der Waals surface area contributed by atoms with Crippen molar-refractivity contribution in [3.05, 3.63) is 18.2 Å². The van der Waals surface area contributed by atoms with Gasteiger partial charge in [0, 0.05) is 6.07 Å². The number of phenolic OH excluding ortho intramolecular Hbond substituents is 1. The average molecular weight is 182 g/mol.